The van der Waals surface area contributed by atoms with Crippen molar-refractivity contribution in [1.29, 1.82) is 0 Å². The highest BCUT2D eigenvalue weighted by atomic mass is 19.4. The molecule has 0 radical (unpaired) electrons. The lowest BCUT2D eigenvalue weighted by Gasteiger charge is -2.39. The minimum atomic E-state index is -4.80. The third kappa shape index (κ3) is 3.84. The van der Waals surface area contributed by atoms with Crippen LogP contribution in [0.2, 0.25) is 0 Å². The van der Waals surface area contributed by atoms with Gasteiger partial charge in [-0.05, 0) is 42.0 Å². The van der Waals surface area contributed by atoms with Gasteiger partial charge in [0.05, 0.1) is 24.0 Å². The number of H-pyrrole nitrogens is 1. The molecule has 0 saturated heterocycles. The molecule has 1 unspecified atom stereocenters. The maximum absolute atomic E-state index is 13.5. The van der Waals surface area contributed by atoms with E-state index in [1.165, 1.54) is 30.6 Å². The molecule has 168 valence electrons. The van der Waals surface area contributed by atoms with Crippen molar-refractivity contribution in [1.82, 2.24) is 20.3 Å². The maximum Gasteiger partial charge on any atom is 0.573 e. The first-order valence-corrected chi connectivity index (χ1v) is 10.0. The average Bonchev–Trinajstić information content (AvgIpc) is 3.28. The molecule has 1 amide bonds. The lowest BCUT2D eigenvalue weighted by atomic mass is 9.81. The zero-order chi connectivity index (χ0) is 23.1. The minimum absolute atomic E-state index is 0.270. The number of para-hydroxylation sites is 1. The van der Waals surface area contributed by atoms with Crippen LogP contribution in [0.15, 0.2) is 67.1 Å². The third-order valence-electron chi connectivity index (χ3n) is 5.51. The van der Waals surface area contributed by atoms with Crippen LogP contribution in [-0.4, -0.2) is 33.8 Å². The topological polar surface area (TPSA) is 89.1 Å². The number of benzene rings is 2. The Kier molecular flexibility index (Phi) is 4.92. The average molecular weight is 454 g/mol. The molecule has 0 saturated carbocycles. The highest BCUT2D eigenvalue weighted by molar-refractivity contribution is 6.05. The summed E-state index contributed by atoms with van der Waals surface area (Å²) in [6.45, 7) is 0.270. The lowest BCUT2D eigenvalue weighted by molar-refractivity contribution is -0.274. The van der Waals surface area contributed by atoms with Gasteiger partial charge in [-0.3, -0.25) is 9.78 Å². The number of pyridine rings is 1. The van der Waals surface area contributed by atoms with Gasteiger partial charge in [-0.25, -0.2) is 4.98 Å². The van der Waals surface area contributed by atoms with E-state index in [0.29, 0.717) is 40.0 Å². The minimum Gasteiger partial charge on any atom is -0.491 e. The Hall–Kier alpha value is -4.08. The predicted octanol–water partition coefficient (Wildman–Crippen LogP) is 4.31. The fourth-order valence-corrected chi connectivity index (χ4v) is 4.09. The first kappa shape index (κ1) is 20.8. The summed E-state index contributed by atoms with van der Waals surface area (Å²) in [6, 6.07) is 14.0. The van der Waals surface area contributed by atoms with Crippen molar-refractivity contribution in [2.75, 3.05) is 6.61 Å². The number of fused-ring (bicyclic) bond motifs is 2. The normalized spacial score (nSPS) is 17.8. The molecule has 1 aliphatic heterocycles. The van der Waals surface area contributed by atoms with Gasteiger partial charge >= 0.3 is 6.36 Å². The summed E-state index contributed by atoms with van der Waals surface area (Å²) in [7, 11) is 0. The lowest BCUT2D eigenvalue weighted by Crippen LogP contribution is -2.50. The molecule has 2 aromatic heterocycles. The van der Waals surface area contributed by atoms with E-state index in [4.69, 9.17) is 4.74 Å². The number of carbonyl (C=O) groups excluding carboxylic acids is 1. The number of amides is 1. The van der Waals surface area contributed by atoms with Crippen LogP contribution in [0.5, 0.6) is 11.5 Å². The Balaban J connectivity index is 1.59. The van der Waals surface area contributed by atoms with E-state index in [2.05, 4.69) is 25.0 Å². The molecular formula is C23H17F3N4O3. The van der Waals surface area contributed by atoms with Gasteiger partial charge < -0.3 is 19.8 Å². The van der Waals surface area contributed by atoms with Gasteiger partial charge in [-0.15, -0.1) is 13.2 Å². The third-order valence-corrected chi connectivity index (χ3v) is 5.51. The molecule has 0 bridgehead atoms. The van der Waals surface area contributed by atoms with E-state index in [9.17, 15) is 18.0 Å². The Morgan fingerprint density at radius 3 is 2.70 bits per heavy atom. The molecule has 1 atom stereocenters. The highest BCUT2D eigenvalue weighted by Crippen LogP contribution is 2.41. The predicted molar refractivity (Wildman–Crippen MR) is 112 cm³/mol. The summed E-state index contributed by atoms with van der Waals surface area (Å²) >= 11 is 0. The van der Waals surface area contributed by atoms with Gasteiger partial charge in [0, 0.05) is 12.6 Å². The number of ether oxygens (including phenoxy) is 2. The molecule has 1 aliphatic rings. The number of rotatable bonds is 4. The summed E-state index contributed by atoms with van der Waals surface area (Å²) in [5, 5.41) is 3.07. The van der Waals surface area contributed by atoms with Crippen molar-refractivity contribution in [3.8, 4) is 11.5 Å². The van der Waals surface area contributed by atoms with E-state index < -0.39 is 17.8 Å². The van der Waals surface area contributed by atoms with Gasteiger partial charge in [0.2, 0.25) is 0 Å². The smallest absolute Gasteiger partial charge is 0.491 e. The Morgan fingerprint density at radius 1 is 1.09 bits per heavy atom. The fraction of sp³-hybridized carbons (Fsp3) is 0.174. The number of imidazole rings is 1. The van der Waals surface area contributed by atoms with Gasteiger partial charge in [0.25, 0.3) is 5.91 Å². The van der Waals surface area contributed by atoms with Gasteiger partial charge in [0.15, 0.2) is 0 Å². The number of nitrogens with one attached hydrogen (secondary N) is 2. The summed E-state index contributed by atoms with van der Waals surface area (Å²) in [6.07, 6.45) is -1.41. The summed E-state index contributed by atoms with van der Waals surface area (Å²) in [5.74, 6) is -0.276. The number of hydrogen-bond donors (Lipinski definition) is 2. The Labute approximate surface area is 185 Å². The largest absolute Gasteiger partial charge is 0.573 e. The SMILES string of the molecule is O=C(NC1(c2ccc(OC(F)(F)F)cc2)CCOc2cccnc21)c1cccc2[nH]cnc12. The van der Waals surface area contributed by atoms with Crippen molar-refractivity contribution >= 4 is 16.9 Å². The summed E-state index contributed by atoms with van der Waals surface area (Å²) < 4.78 is 47.6. The quantitative estimate of drug-likeness (QED) is 0.480. The molecule has 10 heteroatoms. The van der Waals surface area contributed by atoms with Crippen LogP contribution in [0.3, 0.4) is 0 Å². The molecule has 5 rings (SSSR count). The Bertz CT molecular complexity index is 1320. The number of carbonyl (C=O) groups is 1. The number of aromatic nitrogens is 3. The first-order chi connectivity index (χ1) is 15.9. The van der Waals surface area contributed by atoms with Crippen molar-refractivity contribution in [3.63, 3.8) is 0 Å². The standard InChI is InChI=1S/C23H17F3N4O3/c24-23(25,26)33-15-8-6-14(7-9-15)22(10-12-32-18-5-2-11-27-20(18)22)30-21(31)16-3-1-4-17-19(16)29-13-28-17/h1-9,11,13H,10,12H2,(H,28,29)(H,30,31). The molecular weight excluding hydrogens is 437 g/mol. The molecule has 0 aliphatic carbocycles. The molecule has 7 nitrogen and oxygen atoms in total. The van der Waals surface area contributed by atoms with E-state index in [0.717, 1.165) is 0 Å². The van der Waals surface area contributed by atoms with Gasteiger partial charge in [0.1, 0.15) is 28.2 Å². The van der Waals surface area contributed by atoms with Gasteiger partial charge in [-0.2, -0.15) is 0 Å². The molecule has 3 heterocycles. The molecule has 33 heavy (non-hydrogen) atoms. The van der Waals surface area contributed by atoms with E-state index >= 15 is 0 Å². The van der Waals surface area contributed by atoms with Crippen LogP contribution in [0.4, 0.5) is 13.2 Å². The molecule has 0 spiro atoms. The number of alkyl halides is 3. The zero-order valence-electron chi connectivity index (χ0n) is 17.0. The fourth-order valence-electron chi connectivity index (χ4n) is 4.09. The van der Waals surface area contributed by atoms with Crippen molar-refractivity contribution in [2.45, 2.75) is 18.3 Å². The van der Waals surface area contributed by atoms with Crippen LogP contribution in [0, 0.1) is 0 Å². The summed E-state index contributed by atoms with van der Waals surface area (Å²) in [4.78, 5) is 25.1. The van der Waals surface area contributed by atoms with Crippen molar-refractivity contribution < 1.29 is 27.4 Å². The zero-order valence-corrected chi connectivity index (χ0v) is 17.0. The van der Waals surface area contributed by atoms with E-state index in [1.807, 2.05) is 0 Å². The van der Waals surface area contributed by atoms with Crippen LogP contribution >= 0.6 is 0 Å². The molecule has 2 N–H and O–H groups in total. The number of aromatic amines is 1. The number of hydrogen-bond acceptors (Lipinski definition) is 5. The number of nitrogens with zero attached hydrogens (tertiary/aromatic N) is 2. The Morgan fingerprint density at radius 2 is 1.91 bits per heavy atom. The van der Waals surface area contributed by atoms with Crippen LogP contribution in [0.1, 0.15) is 28.0 Å². The second-order valence-electron chi connectivity index (χ2n) is 7.48. The monoisotopic (exact) mass is 454 g/mol. The van der Waals surface area contributed by atoms with Crippen molar-refractivity contribution in [3.05, 3.63) is 83.9 Å². The van der Waals surface area contributed by atoms with Gasteiger partial charge in [-0.1, -0.05) is 18.2 Å². The second kappa shape index (κ2) is 7.80. The van der Waals surface area contributed by atoms with E-state index in [-0.39, 0.29) is 12.4 Å². The summed E-state index contributed by atoms with van der Waals surface area (Å²) in [5.41, 5.74) is 1.43. The van der Waals surface area contributed by atoms with Crippen LogP contribution in [0.25, 0.3) is 11.0 Å². The molecule has 0 fully saturated rings. The molecule has 2 aromatic carbocycles. The van der Waals surface area contributed by atoms with Crippen LogP contribution in [-0.2, 0) is 5.54 Å². The maximum atomic E-state index is 13.5. The number of halogens is 3. The molecule has 4 aromatic rings. The van der Waals surface area contributed by atoms with E-state index in [1.54, 1.807) is 36.5 Å². The highest BCUT2D eigenvalue weighted by Gasteiger charge is 2.43. The first-order valence-electron chi connectivity index (χ1n) is 10.0. The van der Waals surface area contributed by atoms with Crippen molar-refractivity contribution in [2.24, 2.45) is 0 Å². The van der Waals surface area contributed by atoms with Crippen LogP contribution < -0.4 is 14.8 Å². The second-order valence-corrected chi connectivity index (χ2v) is 7.48.